The molecule has 0 aromatic heterocycles. The Labute approximate surface area is 129 Å². The number of aliphatic hydroxyl groups is 1. The Morgan fingerprint density at radius 3 is 2.90 bits per heavy atom. The lowest BCUT2D eigenvalue weighted by Crippen LogP contribution is -2.33. The molecule has 3 unspecified atom stereocenters. The Kier molecular flexibility index (Phi) is 4.88. The van der Waals surface area contributed by atoms with Crippen molar-refractivity contribution in [3.63, 3.8) is 0 Å². The van der Waals surface area contributed by atoms with Crippen molar-refractivity contribution < 1.29 is 5.11 Å². The van der Waals surface area contributed by atoms with Gasteiger partial charge in [-0.1, -0.05) is 54.2 Å². The number of aliphatic hydroxyl groups excluding tert-OH is 1. The van der Waals surface area contributed by atoms with Crippen molar-refractivity contribution in [1.29, 1.82) is 5.26 Å². The molecule has 20 heavy (non-hydrogen) atoms. The summed E-state index contributed by atoms with van der Waals surface area (Å²) in [5.41, 5.74) is 1.35. The van der Waals surface area contributed by atoms with Crippen molar-refractivity contribution in [3.8, 4) is 6.07 Å². The number of hydrogen-bond donors (Lipinski definition) is 1. The SMILES string of the molecule is CCC1CCCC(C#N)(C(O)c2ccc(Br)c(C)c2)C1. The molecule has 0 bridgehead atoms. The van der Waals surface area contributed by atoms with E-state index in [1.807, 2.05) is 25.1 Å². The minimum absolute atomic E-state index is 0.564. The first-order valence-electron chi connectivity index (χ1n) is 7.38. The van der Waals surface area contributed by atoms with Gasteiger partial charge in [0.15, 0.2) is 0 Å². The van der Waals surface area contributed by atoms with E-state index in [-0.39, 0.29) is 0 Å². The first-order valence-corrected chi connectivity index (χ1v) is 8.17. The van der Waals surface area contributed by atoms with Crippen molar-refractivity contribution >= 4 is 15.9 Å². The van der Waals surface area contributed by atoms with Gasteiger partial charge in [0.05, 0.1) is 17.6 Å². The molecule has 2 rings (SSSR count). The second-order valence-electron chi connectivity index (χ2n) is 6.05. The summed E-state index contributed by atoms with van der Waals surface area (Å²) in [5, 5.41) is 20.5. The normalized spacial score (nSPS) is 27.9. The molecule has 0 heterocycles. The highest BCUT2D eigenvalue weighted by molar-refractivity contribution is 9.10. The van der Waals surface area contributed by atoms with Gasteiger partial charge in [0.25, 0.3) is 0 Å². The highest BCUT2D eigenvalue weighted by Crippen LogP contribution is 2.48. The molecule has 1 N–H and O–H groups in total. The van der Waals surface area contributed by atoms with Gasteiger partial charge in [0, 0.05) is 4.47 Å². The van der Waals surface area contributed by atoms with Crippen LogP contribution in [0.15, 0.2) is 22.7 Å². The van der Waals surface area contributed by atoms with Gasteiger partial charge >= 0.3 is 0 Å². The summed E-state index contributed by atoms with van der Waals surface area (Å²) in [6.45, 7) is 4.18. The van der Waals surface area contributed by atoms with Crippen molar-refractivity contribution in [2.45, 2.75) is 52.1 Å². The van der Waals surface area contributed by atoms with Crippen LogP contribution >= 0.6 is 15.9 Å². The molecule has 3 heteroatoms. The van der Waals surface area contributed by atoms with E-state index in [1.54, 1.807) is 0 Å². The van der Waals surface area contributed by atoms with E-state index < -0.39 is 11.5 Å². The Hall–Kier alpha value is -0.850. The summed E-state index contributed by atoms with van der Waals surface area (Å²) < 4.78 is 1.04. The lowest BCUT2D eigenvalue weighted by atomic mass is 9.65. The Morgan fingerprint density at radius 2 is 2.30 bits per heavy atom. The molecule has 1 aliphatic carbocycles. The van der Waals surface area contributed by atoms with Gasteiger partial charge in [0.2, 0.25) is 0 Å². The average Bonchev–Trinajstić information content (AvgIpc) is 2.49. The van der Waals surface area contributed by atoms with Gasteiger partial charge in [0.1, 0.15) is 0 Å². The summed E-state index contributed by atoms with van der Waals surface area (Å²) in [4.78, 5) is 0. The molecule has 2 nitrogen and oxygen atoms in total. The zero-order valence-electron chi connectivity index (χ0n) is 12.2. The van der Waals surface area contributed by atoms with Crippen LogP contribution in [0.3, 0.4) is 0 Å². The molecule has 108 valence electrons. The highest BCUT2D eigenvalue weighted by atomic mass is 79.9. The Balaban J connectivity index is 2.30. The number of rotatable bonds is 3. The van der Waals surface area contributed by atoms with E-state index in [9.17, 15) is 10.4 Å². The van der Waals surface area contributed by atoms with Gasteiger partial charge in [-0.05, 0) is 42.9 Å². The number of hydrogen-bond acceptors (Lipinski definition) is 2. The van der Waals surface area contributed by atoms with E-state index in [0.717, 1.165) is 41.3 Å². The van der Waals surface area contributed by atoms with Crippen LogP contribution in [0.5, 0.6) is 0 Å². The predicted molar refractivity (Wildman–Crippen MR) is 84.1 cm³/mol. The third-order valence-electron chi connectivity index (χ3n) is 4.71. The van der Waals surface area contributed by atoms with E-state index >= 15 is 0 Å². The largest absolute Gasteiger partial charge is 0.387 e. The van der Waals surface area contributed by atoms with Crippen LogP contribution in [0.4, 0.5) is 0 Å². The van der Waals surface area contributed by atoms with Crippen LogP contribution in [0.1, 0.15) is 56.3 Å². The molecule has 0 spiro atoms. The zero-order valence-corrected chi connectivity index (χ0v) is 13.8. The second kappa shape index (κ2) is 6.28. The molecule has 0 amide bonds. The molecule has 1 aromatic rings. The van der Waals surface area contributed by atoms with Gasteiger partial charge in [-0.25, -0.2) is 0 Å². The van der Waals surface area contributed by atoms with Crippen LogP contribution < -0.4 is 0 Å². The Bertz CT molecular complexity index is 522. The van der Waals surface area contributed by atoms with E-state index in [4.69, 9.17) is 0 Å². The minimum atomic E-state index is -0.686. The maximum Gasteiger partial charge on any atom is 0.0976 e. The number of nitrogens with zero attached hydrogens (tertiary/aromatic N) is 1. The molecule has 0 aliphatic heterocycles. The summed E-state index contributed by atoms with van der Waals surface area (Å²) >= 11 is 3.48. The molecule has 1 saturated carbocycles. The highest BCUT2D eigenvalue weighted by Gasteiger charge is 2.42. The maximum absolute atomic E-state index is 10.8. The standard InChI is InChI=1S/C17H22BrNO/c1-3-13-5-4-8-17(10-13,11-19)16(20)14-6-7-15(18)12(2)9-14/h6-7,9,13,16,20H,3-5,8,10H2,1-2H3. The Morgan fingerprint density at radius 1 is 1.55 bits per heavy atom. The summed E-state index contributed by atoms with van der Waals surface area (Å²) in [5.74, 6) is 0.564. The number of aryl methyl sites for hydroxylation is 1. The number of nitriles is 1. The van der Waals surface area contributed by atoms with Gasteiger partial charge in [-0.3, -0.25) is 0 Å². The molecule has 1 fully saturated rings. The molecule has 3 atom stereocenters. The molecule has 0 saturated heterocycles. The van der Waals surface area contributed by atoms with Crippen LogP contribution in [0.2, 0.25) is 0 Å². The lowest BCUT2D eigenvalue weighted by Gasteiger charge is -2.39. The molecule has 0 radical (unpaired) electrons. The number of benzene rings is 1. The predicted octanol–water partition coefficient (Wildman–Crippen LogP) is 4.90. The molecule has 1 aliphatic rings. The minimum Gasteiger partial charge on any atom is -0.387 e. The van der Waals surface area contributed by atoms with Crippen molar-refractivity contribution in [2.24, 2.45) is 11.3 Å². The fourth-order valence-electron chi connectivity index (χ4n) is 3.34. The van der Waals surface area contributed by atoms with Gasteiger partial charge in [-0.15, -0.1) is 0 Å². The first kappa shape index (κ1) is 15.5. The van der Waals surface area contributed by atoms with Crippen molar-refractivity contribution in [3.05, 3.63) is 33.8 Å². The summed E-state index contributed by atoms with van der Waals surface area (Å²) in [7, 11) is 0. The summed E-state index contributed by atoms with van der Waals surface area (Å²) in [6.07, 6.45) is 4.25. The summed E-state index contributed by atoms with van der Waals surface area (Å²) in [6, 6.07) is 8.33. The van der Waals surface area contributed by atoms with E-state index in [1.165, 1.54) is 6.42 Å². The molecular formula is C17H22BrNO. The topological polar surface area (TPSA) is 44.0 Å². The first-order chi connectivity index (χ1) is 9.52. The van der Waals surface area contributed by atoms with E-state index in [0.29, 0.717) is 5.92 Å². The zero-order chi connectivity index (χ0) is 14.8. The molecule has 1 aromatic carbocycles. The fourth-order valence-corrected chi connectivity index (χ4v) is 3.59. The van der Waals surface area contributed by atoms with Crippen LogP contribution in [-0.4, -0.2) is 5.11 Å². The van der Waals surface area contributed by atoms with Crippen molar-refractivity contribution in [1.82, 2.24) is 0 Å². The number of halogens is 1. The maximum atomic E-state index is 10.8. The van der Waals surface area contributed by atoms with Gasteiger partial charge in [-0.2, -0.15) is 5.26 Å². The van der Waals surface area contributed by atoms with Crippen LogP contribution in [-0.2, 0) is 0 Å². The third kappa shape index (κ3) is 2.92. The third-order valence-corrected chi connectivity index (χ3v) is 5.60. The monoisotopic (exact) mass is 335 g/mol. The van der Waals surface area contributed by atoms with Crippen LogP contribution in [0.25, 0.3) is 0 Å². The van der Waals surface area contributed by atoms with Gasteiger partial charge < -0.3 is 5.11 Å². The smallest absolute Gasteiger partial charge is 0.0976 e. The lowest BCUT2D eigenvalue weighted by molar-refractivity contribution is 0.0185. The fraction of sp³-hybridized carbons (Fsp3) is 0.588. The van der Waals surface area contributed by atoms with Crippen molar-refractivity contribution in [2.75, 3.05) is 0 Å². The second-order valence-corrected chi connectivity index (χ2v) is 6.90. The van der Waals surface area contributed by atoms with E-state index in [2.05, 4.69) is 28.9 Å². The van der Waals surface area contributed by atoms with Crippen LogP contribution in [0, 0.1) is 29.6 Å². The quantitative estimate of drug-likeness (QED) is 0.853. The molecular weight excluding hydrogens is 314 g/mol. The average molecular weight is 336 g/mol.